The number of amides is 1. The van der Waals surface area contributed by atoms with Crippen LogP contribution in [0, 0.1) is 0 Å². The zero-order chi connectivity index (χ0) is 13.0. The van der Waals surface area contributed by atoms with Gasteiger partial charge in [0.05, 0.1) is 6.04 Å². The normalized spacial score (nSPS) is 18.5. The Kier molecular flexibility index (Phi) is 6.63. The molecule has 3 nitrogen and oxygen atoms in total. The molecule has 106 valence electrons. The molecule has 0 unspecified atom stereocenters. The summed E-state index contributed by atoms with van der Waals surface area (Å²) in [5.74, 6) is 0.162. The molecule has 1 aliphatic heterocycles. The van der Waals surface area contributed by atoms with Gasteiger partial charge in [0.1, 0.15) is 0 Å². The predicted octanol–water partition coefficient (Wildman–Crippen LogP) is 2.86. The molecule has 1 aromatic carbocycles. The van der Waals surface area contributed by atoms with E-state index in [2.05, 4.69) is 5.32 Å². The van der Waals surface area contributed by atoms with Crippen molar-refractivity contribution in [1.82, 2.24) is 10.2 Å². The Morgan fingerprint density at radius 3 is 2.79 bits per heavy atom. The highest BCUT2D eigenvalue weighted by Gasteiger charge is 2.23. The first-order valence-electron chi connectivity index (χ1n) is 6.40. The SMILES string of the molecule is CN(Cc1ccccc1Cl)C(=O)[C@@H]1CCCCN1.Cl. The minimum atomic E-state index is -0.0220. The maximum atomic E-state index is 12.2. The minimum absolute atomic E-state index is 0. The summed E-state index contributed by atoms with van der Waals surface area (Å²) >= 11 is 6.11. The van der Waals surface area contributed by atoms with Crippen molar-refractivity contribution in [1.29, 1.82) is 0 Å². The van der Waals surface area contributed by atoms with Crippen molar-refractivity contribution < 1.29 is 4.79 Å². The maximum absolute atomic E-state index is 12.2. The molecule has 0 saturated carbocycles. The molecule has 1 amide bonds. The van der Waals surface area contributed by atoms with Crippen molar-refractivity contribution in [2.75, 3.05) is 13.6 Å². The van der Waals surface area contributed by atoms with Crippen LogP contribution in [0.5, 0.6) is 0 Å². The second kappa shape index (κ2) is 7.73. The van der Waals surface area contributed by atoms with Gasteiger partial charge in [-0.05, 0) is 31.0 Å². The molecule has 0 bridgehead atoms. The Labute approximate surface area is 125 Å². The third kappa shape index (κ3) is 4.37. The van der Waals surface area contributed by atoms with Crippen molar-refractivity contribution in [2.45, 2.75) is 31.8 Å². The molecule has 0 spiro atoms. The van der Waals surface area contributed by atoms with Crippen LogP contribution in [0.4, 0.5) is 0 Å². The van der Waals surface area contributed by atoms with Crippen LogP contribution in [0.15, 0.2) is 24.3 Å². The molecule has 1 heterocycles. The predicted molar refractivity (Wildman–Crippen MR) is 80.8 cm³/mol. The number of benzene rings is 1. The highest BCUT2D eigenvalue weighted by atomic mass is 35.5. The summed E-state index contributed by atoms with van der Waals surface area (Å²) in [5, 5.41) is 3.99. The summed E-state index contributed by atoms with van der Waals surface area (Å²) in [5.41, 5.74) is 0.992. The van der Waals surface area contributed by atoms with E-state index in [1.54, 1.807) is 4.90 Å². The summed E-state index contributed by atoms with van der Waals surface area (Å²) in [6.07, 6.45) is 3.23. The second-order valence-corrected chi connectivity index (χ2v) is 5.20. The zero-order valence-electron chi connectivity index (χ0n) is 11.1. The van der Waals surface area contributed by atoms with E-state index in [1.807, 2.05) is 31.3 Å². The monoisotopic (exact) mass is 302 g/mol. The highest BCUT2D eigenvalue weighted by Crippen LogP contribution is 2.17. The smallest absolute Gasteiger partial charge is 0.239 e. The Morgan fingerprint density at radius 2 is 2.16 bits per heavy atom. The lowest BCUT2D eigenvalue weighted by atomic mass is 10.0. The number of carbonyl (C=O) groups excluding carboxylic acids is 1. The van der Waals surface area contributed by atoms with Crippen molar-refractivity contribution in [3.63, 3.8) is 0 Å². The van der Waals surface area contributed by atoms with Crippen molar-refractivity contribution >= 4 is 29.9 Å². The molecule has 1 N–H and O–H groups in total. The Hall–Kier alpha value is -0.770. The molecule has 2 rings (SSSR count). The number of nitrogens with zero attached hydrogens (tertiary/aromatic N) is 1. The number of hydrogen-bond acceptors (Lipinski definition) is 2. The summed E-state index contributed by atoms with van der Waals surface area (Å²) in [6.45, 7) is 1.51. The van der Waals surface area contributed by atoms with Crippen LogP contribution < -0.4 is 5.32 Å². The highest BCUT2D eigenvalue weighted by molar-refractivity contribution is 6.31. The molecule has 0 aliphatic carbocycles. The van der Waals surface area contributed by atoms with E-state index in [0.29, 0.717) is 11.6 Å². The van der Waals surface area contributed by atoms with E-state index in [0.717, 1.165) is 31.4 Å². The first kappa shape index (κ1) is 16.3. The fourth-order valence-corrected chi connectivity index (χ4v) is 2.48. The molecule has 0 radical (unpaired) electrons. The number of rotatable bonds is 3. The minimum Gasteiger partial charge on any atom is -0.340 e. The number of nitrogens with one attached hydrogen (secondary N) is 1. The molecule has 5 heteroatoms. The van der Waals surface area contributed by atoms with E-state index in [9.17, 15) is 4.79 Å². The van der Waals surface area contributed by atoms with Crippen molar-refractivity contribution in [3.05, 3.63) is 34.9 Å². The average molecular weight is 303 g/mol. The third-order valence-corrected chi connectivity index (χ3v) is 3.72. The molecule has 1 saturated heterocycles. The van der Waals surface area contributed by atoms with E-state index in [-0.39, 0.29) is 24.4 Å². The van der Waals surface area contributed by atoms with E-state index < -0.39 is 0 Å². The van der Waals surface area contributed by atoms with Crippen LogP contribution in [-0.2, 0) is 11.3 Å². The van der Waals surface area contributed by atoms with Gasteiger partial charge in [-0.15, -0.1) is 12.4 Å². The molecule has 1 atom stereocenters. The van der Waals surface area contributed by atoms with Crippen LogP contribution in [0.3, 0.4) is 0 Å². The lowest BCUT2D eigenvalue weighted by Crippen LogP contribution is -2.47. The van der Waals surface area contributed by atoms with Gasteiger partial charge in [-0.3, -0.25) is 4.79 Å². The third-order valence-electron chi connectivity index (χ3n) is 3.35. The van der Waals surface area contributed by atoms with Crippen LogP contribution in [-0.4, -0.2) is 30.4 Å². The fraction of sp³-hybridized carbons (Fsp3) is 0.500. The molecule has 0 aromatic heterocycles. The van der Waals surface area contributed by atoms with Crippen LogP contribution in [0.25, 0.3) is 0 Å². The van der Waals surface area contributed by atoms with Gasteiger partial charge in [-0.25, -0.2) is 0 Å². The van der Waals surface area contributed by atoms with Gasteiger partial charge < -0.3 is 10.2 Å². The maximum Gasteiger partial charge on any atom is 0.239 e. The van der Waals surface area contributed by atoms with Gasteiger partial charge in [0.15, 0.2) is 0 Å². The standard InChI is InChI=1S/C14H19ClN2O.ClH/c1-17(10-11-6-2-3-7-12(11)15)14(18)13-8-4-5-9-16-13;/h2-3,6-7,13,16H,4-5,8-10H2,1H3;1H/t13-;/m0./s1. The molecule has 1 aliphatic rings. The lowest BCUT2D eigenvalue weighted by Gasteiger charge is -2.27. The Morgan fingerprint density at radius 1 is 1.42 bits per heavy atom. The summed E-state index contributed by atoms with van der Waals surface area (Å²) in [4.78, 5) is 14.0. The van der Waals surface area contributed by atoms with Gasteiger partial charge in [0.2, 0.25) is 5.91 Å². The van der Waals surface area contributed by atoms with E-state index in [4.69, 9.17) is 11.6 Å². The van der Waals surface area contributed by atoms with Gasteiger partial charge in [-0.2, -0.15) is 0 Å². The van der Waals surface area contributed by atoms with Gasteiger partial charge in [0, 0.05) is 18.6 Å². The first-order chi connectivity index (χ1) is 8.68. The summed E-state index contributed by atoms with van der Waals surface area (Å²) < 4.78 is 0. The van der Waals surface area contributed by atoms with Gasteiger partial charge in [0.25, 0.3) is 0 Å². The molecule has 1 aromatic rings. The summed E-state index contributed by atoms with van der Waals surface area (Å²) in [7, 11) is 1.84. The topological polar surface area (TPSA) is 32.3 Å². The lowest BCUT2D eigenvalue weighted by molar-refractivity contribution is -0.133. The second-order valence-electron chi connectivity index (χ2n) is 4.79. The fourth-order valence-electron chi connectivity index (χ4n) is 2.29. The number of likely N-dealkylation sites (N-methyl/N-ethyl adjacent to an activating group) is 1. The van der Waals surface area contributed by atoms with E-state index in [1.165, 1.54) is 0 Å². The Bertz CT molecular complexity index is 420. The van der Waals surface area contributed by atoms with E-state index >= 15 is 0 Å². The zero-order valence-corrected chi connectivity index (χ0v) is 12.6. The Balaban J connectivity index is 0.00000180. The van der Waals surface area contributed by atoms with Crippen LogP contribution in [0.2, 0.25) is 5.02 Å². The molecular weight excluding hydrogens is 283 g/mol. The van der Waals surface area contributed by atoms with Gasteiger partial charge >= 0.3 is 0 Å². The quantitative estimate of drug-likeness (QED) is 0.931. The molecular formula is C14H20Cl2N2O. The van der Waals surface area contributed by atoms with Crippen molar-refractivity contribution in [3.8, 4) is 0 Å². The number of piperidine rings is 1. The molecule has 19 heavy (non-hydrogen) atoms. The van der Waals surface area contributed by atoms with Crippen molar-refractivity contribution in [2.24, 2.45) is 0 Å². The summed E-state index contributed by atoms with van der Waals surface area (Å²) in [6, 6.07) is 7.63. The number of carbonyl (C=O) groups is 1. The average Bonchev–Trinajstić information content (AvgIpc) is 2.41. The first-order valence-corrected chi connectivity index (χ1v) is 6.78. The van der Waals surface area contributed by atoms with Crippen LogP contribution in [0.1, 0.15) is 24.8 Å². The number of hydrogen-bond donors (Lipinski definition) is 1. The van der Waals surface area contributed by atoms with Crippen LogP contribution >= 0.6 is 24.0 Å². The largest absolute Gasteiger partial charge is 0.340 e. The number of halogens is 2. The van der Waals surface area contributed by atoms with Gasteiger partial charge in [-0.1, -0.05) is 36.2 Å². The molecule has 1 fully saturated rings.